The van der Waals surface area contributed by atoms with Crippen molar-refractivity contribution in [3.05, 3.63) is 35.9 Å². The molecule has 0 aliphatic heterocycles. The predicted molar refractivity (Wildman–Crippen MR) is 108 cm³/mol. The van der Waals surface area contributed by atoms with E-state index in [0.717, 1.165) is 23.7 Å². The van der Waals surface area contributed by atoms with Crippen LogP contribution in [0.1, 0.15) is 53.2 Å². The molecular formula is C21H36O4Si. The zero-order valence-electron chi connectivity index (χ0n) is 17.2. The first kappa shape index (κ1) is 22.9. The van der Waals surface area contributed by atoms with Crippen LogP contribution < -0.4 is 0 Å². The van der Waals surface area contributed by atoms with Gasteiger partial charge in [0.2, 0.25) is 0 Å². The number of hydrogen-bond donors (Lipinski definition) is 1. The molecule has 1 aromatic rings. The second kappa shape index (κ2) is 10.9. The molecule has 0 fully saturated rings. The summed E-state index contributed by atoms with van der Waals surface area (Å²) in [6, 6.07) is 13.2. The molecule has 0 aromatic heterocycles. The Hall–Kier alpha value is -1.17. The Kier molecular flexibility index (Phi) is 9.54. The van der Waals surface area contributed by atoms with Crippen LogP contribution in [0, 0.1) is 11.8 Å². The highest BCUT2D eigenvalue weighted by atomic mass is 28.4. The van der Waals surface area contributed by atoms with Gasteiger partial charge < -0.3 is 14.3 Å². The third-order valence-electron chi connectivity index (χ3n) is 5.62. The van der Waals surface area contributed by atoms with Crippen molar-refractivity contribution in [2.24, 2.45) is 11.8 Å². The lowest BCUT2D eigenvalue weighted by Crippen LogP contribution is -2.42. The van der Waals surface area contributed by atoms with Crippen molar-refractivity contribution in [3.8, 4) is 0 Å². The second-order valence-corrected chi connectivity index (χ2v) is 11.8. The fraction of sp³-hybridized carbons (Fsp3) is 0.667. The van der Waals surface area contributed by atoms with Gasteiger partial charge in [-0.25, -0.2) is 0 Å². The summed E-state index contributed by atoms with van der Waals surface area (Å²) >= 11 is 0. The van der Waals surface area contributed by atoms with Gasteiger partial charge in [-0.05, 0) is 37.5 Å². The molecule has 5 heteroatoms. The molecule has 0 aliphatic carbocycles. The molecule has 0 saturated carbocycles. The third-order valence-corrected chi connectivity index (χ3v) is 10.2. The minimum atomic E-state index is -1.88. The van der Waals surface area contributed by atoms with Crippen LogP contribution in [0.4, 0.5) is 0 Å². The Morgan fingerprint density at radius 1 is 1.04 bits per heavy atom. The number of rotatable bonds is 11. The molecule has 1 N–H and O–H groups in total. The summed E-state index contributed by atoms with van der Waals surface area (Å²) in [6.07, 6.45) is -1.05. The minimum absolute atomic E-state index is 0.215. The van der Waals surface area contributed by atoms with Crippen LogP contribution in [-0.2, 0) is 14.0 Å². The predicted octanol–water partition coefficient (Wildman–Crippen LogP) is 4.95. The van der Waals surface area contributed by atoms with Gasteiger partial charge in [0.1, 0.15) is 0 Å². The van der Waals surface area contributed by atoms with E-state index in [1.165, 1.54) is 0 Å². The van der Waals surface area contributed by atoms with Crippen LogP contribution in [0.5, 0.6) is 0 Å². The summed E-state index contributed by atoms with van der Waals surface area (Å²) in [4.78, 5) is 12.1. The molecule has 0 unspecified atom stereocenters. The number of hydrogen-bond acceptors (Lipinski definition) is 4. The Labute approximate surface area is 160 Å². The lowest BCUT2D eigenvalue weighted by molar-refractivity contribution is -0.153. The average Bonchev–Trinajstić information content (AvgIpc) is 2.68. The summed E-state index contributed by atoms with van der Waals surface area (Å²) in [6.45, 7) is 12.4. The van der Waals surface area contributed by atoms with Crippen LogP contribution in [0.15, 0.2) is 30.3 Å². The molecule has 4 nitrogen and oxygen atoms in total. The van der Waals surface area contributed by atoms with Gasteiger partial charge in [0.05, 0.1) is 24.7 Å². The van der Waals surface area contributed by atoms with E-state index < -0.39 is 20.3 Å². The number of benzene rings is 1. The summed E-state index contributed by atoms with van der Waals surface area (Å²) in [5.74, 6) is -1.15. The van der Waals surface area contributed by atoms with Gasteiger partial charge >= 0.3 is 5.97 Å². The van der Waals surface area contributed by atoms with Crippen LogP contribution in [0.2, 0.25) is 18.1 Å². The van der Waals surface area contributed by atoms with Crippen molar-refractivity contribution in [2.75, 3.05) is 6.61 Å². The fourth-order valence-corrected chi connectivity index (χ4v) is 6.33. The highest BCUT2D eigenvalue weighted by Crippen LogP contribution is 2.37. The van der Waals surface area contributed by atoms with Crippen LogP contribution in [-0.4, -0.2) is 32.1 Å². The van der Waals surface area contributed by atoms with Gasteiger partial charge in [-0.3, -0.25) is 4.79 Å². The Morgan fingerprint density at radius 2 is 1.58 bits per heavy atom. The zero-order chi connectivity index (χ0) is 19.7. The van der Waals surface area contributed by atoms with Crippen molar-refractivity contribution < 1.29 is 19.1 Å². The van der Waals surface area contributed by atoms with E-state index in [9.17, 15) is 9.90 Å². The maximum Gasteiger partial charge on any atom is 0.311 e. The maximum atomic E-state index is 12.1. The molecule has 148 valence electrons. The SMILES string of the molecule is CCOC(=O)[C@@H](C)[C@@H](O)[C@@H](C)[C@H](O[Si](CC)(CC)CC)c1ccccc1. The van der Waals surface area contributed by atoms with Crippen molar-refractivity contribution >= 4 is 14.3 Å². The summed E-state index contributed by atoms with van der Waals surface area (Å²) in [7, 11) is -1.88. The molecule has 4 atom stereocenters. The molecule has 1 rings (SSSR count). The van der Waals surface area contributed by atoms with Crippen molar-refractivity contribution in [3.63, 3.8) is 0 Å². The Bertz CT molecular complexity index is 522. The molecule has 0 amide bonds. The quantitative estimate of drug-likeness (QED) is 0.436. The minimum Gasteiger partial charge on any atom is -0.466 e. The van der Waals surface area contributed by atoms with Gasteiger partial charge in [0.25, 0.3) is 0 Å². The number of ether oxygens (including phenoxy) is 1. The molecule has 0 saturated heterocycles. The number of aliphatic hydroxyl groups excluding tert-OH is 1. The van der Waals surface area contributed by atoms with Gasteiger partial charge in [-0.2, -0.15) is 0 Å². The molecule has 0 spiro atoms. The average molecular weight is 381 g/mol. The van der Waals surface area contributed by atoms with E-state index in [-0.39, 0.29) is 18.0 Å². The Morgan fingerprint density at radius 3 is 2.04 bits per heavy atom. The molecule has 0 bridgehead atoms. The zero-order valence-corrected chi connectivity index (χ0v) is 18.2. The largest absolute Gasteiger partial charge is 0.466 e. The number of aliphatic hydroxyl groups is 1. The van der Waals surface area contributed by atoms with Crippen LogP contribution in [0.25, 0.3) is 0 Å². The first-order valence-electron chi connectivity index (χ1n) is 9.93. The van der Waals surface area contributed by atoms with E-state index in [2.05, 4.69) is 20.8 Å². The van der Waals surface area contributed by atoms with Crippen molar-refractivity contribution in [1.29, 1.82) is 0 Å². The number of carbonyl (C=O) groups excluding carboxylic acids is 1. The van der Waals surface area contributed by atoms with E-state index in [1.54, 1.807) is 13.8 Å². The van der Waals surface area contributed by atoms with E-state index >= 15 is 0 Å². The molecule has 26 heavy (non-hydrogen) atoms. The normalized spacial score (nSPS) is 16.6. The topological polar surface area (TPSA) is 55.8 Å². The number of carbonyl (C=O) groups is 1. The van der Waals surface area contributed by atoms with Crippen LogP contribution >= 0.6 is 0 Å². The smallest absolute Gasteiger partial charge is 0.311 e. The van der Waals surface area contributed by atoms with Gasteiger partial charge in [0.15, 0.2) is 8.32 Å². The summed E-state index contributed by atoms with van der Waals surface area (Å²) in [5.41, 5.74) is 1.06. The van der Waals surface area contributed by atoms with Crippen molar-refractivity contribution in [1.82, 2.24) is 0 Å². The third kappa shape index (κ3) is 5.66. The second-order valence-electron chi connectivity index (χ2n) is 7.08. The highest BCUT2D eigenvalue weighted by Gasteiger charge is 2.39. The standard InChI is InChI=1S/C21H36O4Si/c1-7-24-21(23)17(6)19(22)16(5)20(18-14-12-11-13-15-18)25-26(8-2,9-3)10-4/h11-17,19-20,22H,7-10H2,1-6H3/t16-,17+,19+,20+/m1/s1. The lowest BCUT2D eigenvalue weighted by atomic mass is 9.86. The lowest BCUT2D eigenvalue weighted by Gasteiger charge is -2.38. The first-order valence-corrected chi connectivity index (χ1v) is 12.5. The van der Waals surface area contributed by atoms with Gasteiger partial charge in [0, 0.05) is 5.92 Å². The van der Waals surface area contributed by atoms with E-state index in [0.29, 0.717) is 6.61 Å². The molecule has 0 aliphatic rings. The maximum absolute atomic E-state index is 12.1. The molecule has 0 radical (unpaired) electrons. The van der Waals surface area contributed by atoms with Gasteiger partial charge in [-0.15, -0.1) is 0 Å². The fourth-order valence-electron chi connectivity index (χ4n) is 3.44. The summed E-state index contributed by atoms with van der Waals surface area (Å²) < 4.78 is 11.9. The van der Waals surface area contributed by atoms with E-state index in [1.807, 2.05) is 37.3 Å². The van der Waals surface area contributed by atoms with E-state index in [4.69, 9.17) is 9.16 Å². The molecular weight excluding hydrogens is 344 g/mol. The van der Waals surface area contributed by atoms with Gasteiger partial charge in [-0.1, -0.05) is 58.0 Å². The van der Waals surface area contributed by atoms with Crippen molar-refractivity contribution in [2.45, 2.75) is 71.9 Å². The highest BCUT2D eigenvalue weighted by molar-refractivity contribution is 6.73. The Balaban J connectivity index is 3.13. The molecule has 0 heterocycles. The van der Waals surface area contributed by atoms with Crippen LogP contribution in [0.3, 0.4) is 0 Å². The number of esters is 1. The summed E-state index contributed by atoms with van der Waals surface area (Å²) in [5, 5.41) is 10.9. The first-order chi connectivity index (χ1) is 12.4. The monoisotopic (exact) mass is 380 g/mol. The molecule has 1 aromatic carbocycles.